The van der Waals surface area contributed by atoms with Gasteiger partial charge in [-0.15, -0.1) is 11.3 Å². The molecule has 0 spiro atoms. The smallest absolute Gasteiger partial charge is 0.160 e. The fourth-order valence-electron chi connectivity index (χ4n) is 7.19. The first-order valence-corrected chi connectivity index (χ1v) is 16.3. The number of aromatic nitrogens is 3. The van der Waals surface area contributed by atoms with Crippen LogP contribution in [0.1, 0.15) is 0 Å². The van der Waals surface area contributed by atoms with Crippen molar-refractivity contribution >= 4 is 75.0 Å². The SMILES string of the molecule is c1ccc(-c2nc(-c3cccc(-n4c5ccccc5c5c6ccccc6c6sc7ccccc7c6c54)c3)nc3ccccc23)cc1. The second-order valence-corrected chi connectivity index (χ2v) is 12.8. The molecule has 0 atom stereocenters. The van der Waals surface area contributed by atoms with Gasteiger partial charge in [-0.25, -0.2) is 9.97 Å². The van der Waals surface area contributed by atoms with Gasteiger partial charge in [-0.1, -0.05) is 121 Å². The Labute approximate surface area is 268 Å². The van der Waals surface area contributed by atoms with Crippen LogP contribution < -0.4 is 0 Å². The zero-order chi connectivity index (χ0) is 30.2. The lowest BCUT2D eigenvalue weighted by Crippen LogP contribution is -1.98. The molecule has 0 unspecified atom stereocenters. The minimum absolute atomic E-state index is 0.719. The van der Waals surface area contributed by atoms with E-state index in [-0.39, 0.29) is 0 Å². The highest BCUT2D eigenvalue weighted by Crippen LogP contribution is 2.47. The van der Waals surface area contributed by atoms with Crippen LogP contribution in [0.4, 0.5) is 0 Å². The van der Waals surface area contributed by atoms with Crippen LogP contribution in [0.5, 0.6) is 0 Å². The van der Waals surface area contributed by atoms with Gasteiger partial charge in [0, 0.05) is 58.5 Å². The molecule has 0 aliphatic carbocycles. The first kappa shape index (κ1) is 25.5. The largest absolute Gasteiger partial charge is 0.309 e. The summed E-state index contributed by atoms with van der Waals surface area (Å²) in [6.45, 7) is 0. The number of thiophene rings is 1. The maximum atomic E-state index is 5.19. The van der Waals surface area contributed by atoms with Crippen molar-refractivity contribution in [3.05, 3.63) is 152 Å². The summed E-state index contributed by atoms with van der Waals surface area (Å²) in [6.07, 6.45) is 0. The topological polar surface area (TPSA) is 30.7 Å². The predicted octanol–water partition coefficient (Wildman–Crippen LogP) is 11.6. The summed E-state index contributed by atoms with van der Waals surface area (Å²) in [5.74, 6) is 0.719. The highest BCUT2D eigenvalue weighted by atomic mass is 32.1. The summed E-state index contributed by atoms with van der Waals surface area (Å²) in [4.78, 5) is 10.3. The van der Waals surface area contributed by atoms with Crippen molar-refractivity contribution in [2.24, 2.45) is 0 Å². The zero-order valence-corrected chi connectivity index (χ0v) is 25.5. The van der Waals surface area contributed by atoms with Crippen molar-refractivity contribution < 1.29 is 0 Å². The molecule has 214 valence electrons. The molecule has 4 heteroatoms. The molecular formula is C42H25N3S. The van der Waals surface area contributed by atoms with Crippen molar-refractivity contribution in [3.8, 4) is 28.3 Å². The second kappa shape index (κ2) is 9.83. The fraction of sp³-hybridized carbons (Fsp3) is 0. The van der Waals surface area contributed by atoms with E-state index in [1.54, 1.807) is 0 Å². The van der Waals surface area contributed by atoms with E-state index in [0.717, 1.165) is 39.2 Å². The summed E-state index contributed by atoms with van der Waals surface area (Å²) in [6, 6.07) is 53.9. The first-order valence-electron chi connectivity index (χ1n) is 15.5. The molecule has 10 aromatic rings. The Morgan fingerprint density at radius 1 is 0.478 bits per heavy atom. The average molecular weight is 604 g/mol. The standard InChI is InChI=1S/C42H25N3S/c1-2-13-26(14-3-1)39-31-19-6-9-22-34(31)43-42(44-39)27-15-12-16-28(25-27)45-35-23-10-7-20-32(35)37-29-17-4-5-18-30(29)41-38(40(37)45)33-21-8-11-24-36(33)46-41/h1-25H. The Hall–Kier alpha value is -5.84. The van der Waals surface area contributed by atoms with E-state index >= 15 is 0 Å². The molecule has 3 aromatic heterocycles. The summed E-state index contributed by atoms with van der Waals surface area (Å²) < 4.78 is 5.09. The number of benzene rings is 7. The van der Waals surface area contributed by atoms with Crippen molar-refractivity contribution in [3.63, 3.8) is 0 Å². The van der Waals surface area contributed by atoms with E-state index in [1.807, 2.05) is 23.5 Å². The third kappa shape index (κ3) is 3.65. The van der Waals surface area contributed by atoms with Crippen molar-refractivity contribution in [1.82, 2.24) is 14.5 Å². The highest BCUT2D eigenvalue weighted by molar-refractivity contribution is 7.27. The maximum Gasteiger partial charge on any atom is 0.160 e. The Morgan fingerprint density at radius 2 is 1.15 bits per heavy atom. The minimum Gasteiger partial charge on any atom is -0.309 e. The van der Waals surface area contributed by atoms with Crippen LogP contribution in [-0.4, -0.2) is 14.5 Å². The monoisotopic (exact) mass is 603 g/mol. The highest BCUT2D eigenvalue weighted by Gasteiger charge is 2.22. The van der Waals surface area contributed by atoms with Gasteiger partial charge in [-0.3, -0.25) is 0 Å². The lowest BCUT2D eigenvalue weighted by Gasteiger charge is -2.13. The Kier molecular flexibility index (Phi) is 5.45. The quantitative estimate of drug-likeness (QED) is 0.201. The molecular weight excluding hydrogens is 579 g/mol. The van der Waals surface area contributed by atoms with E-state index in [9.17, 15) is 0 Å². The van der Waals surface area contributed by atoms with Gasteiger partial charge < -0.3 is 4.57 Å². The minimum atomic E-state index is 0.719. The normalized spacial score (nSPS) is 11.9. The number of fused-ring (bicyclic) bond motifs is 11. The van der Waals surface area contributed by atoms with Gasteiger partial charge in [-0.05, 0) is 35.7 Å². The lowest BCUT2D eigenvalue weighted by atomic mass is 10.00. The third-order valence-electron chi connectivity index (χ3n) is 9.16. The van der Waals surface area contributed by atoms with Crippen molar-refractivity contribution in [2.75, 3.05) is 0 Å². The van der Waals surface area contributed by atoms with Crippen LogP contribution in [0.15, 0.2) is 152 Å². The van der Waals surface area contributed by atoms with E-state index in [1.165, 1.54) is 52.8 Å². The molecule has 10 rings (SSSR count). The lowest BCUT2D eigenvalue weighted by molar-refractivity contribution is 1.18. The molecule has 0 bridgehead atoms. The molecule has 0 aliphatic rings. The fourth-order valence-corrected chi connectivity index (χ4v) is 8.44. The Bertz CT molecular complexity index is 2810. The molecule has 3 heterocycles. The van der Waals surface area contributed by atoms with Gasteiger partial charge >= 0.3 is 0 Å². The second-order valence-electron chi connectivity index (χ2n) is 11.8. The molecule has 0 radical (unpaired) electrons. The molecule has 0 amide bonds. The van der Waals surface area contributed by atoms with E-state index in [4.69, 9.17) is 9.97 Å². The van der Waals surface area contributed by atoms with Crippen LogP contribution in [-0.2, 0) is 0 Å². The van der Waals surface area contributed by atoms with Gasteiger partial charge in [0.25, 0.3) is 0 Å². The Balaban J connectivity index is 1.31. The summed E-state index contributed by atoms with van der Waals surface area (Å²) in [5.41, 5.74) is 7.47. The number of para-hydroxylation sites is 2. The van der Waals surface area contributed by atoms with Crippen molar-refractivity contribution in [2.45, 2.75) is 0 Å². The van der Waals surface area contributed by atoms with E-state index in [2.05, 4.69) is 144 Å². The Morgan fingerprint density at radius 3 is 2.02 bits per heavy atom. The molecule has 7 aromatic carbocycles. The number of nitrogens with zero attached hydrogens (tertiary/aromatic N) is 3. The van der Waals surface area contributed by atoms with Crippen LogP contribution >= 0.6 is 11.3 Å². The predicted molar refractivity (Wildman–Crippen MR) is 195 cm³/mol. The van der Waals surface area contributed by atoms with Crippen LogP contribution in [0.3, 0.4) is 0 Å². The van der Waals surface area contributed by atoms with Gasteiger partial charge in [-0.2, -0.15) is 0 Å². The molecule has 0 fully saturated rings. The summed E-state index contributed by atoms with van der Waals surface area (Å²) in [5, 5.41) is 8.79. The molecule has 0 saturated heterocycles. The van der Waals surface area contributed by atoms with Gasteiger partial charge in [0.1, 0.15) is 0 Å². The van der Waals surface area contributed by atoms with Crippen LogP contribution in [0.25, 0.3) is 92.0 Å². The summed E-state index contributed by atoms with van der Waals surface area (Å²) >= 11 is 1.89. The van der Waals surface area contributed by atoms with Gasteiger partial charge in [0.15, 0.2) is 5.82 Å². The number of hydrogen-bond acceptors (Lipinski definition) is 3. The molecule has 3 nitrogen and oxygen atoms in total. The first-order chi connectivity index (χ1) is 22.8. The van der Waals surface area contributed by atoms with E-state index < -0.39 is 0 Å². The molecule has 0 N–H and O–H groups in total. The molecule has 46 heavy (non-hydrogen) atoms. The average Bonchev–Trinajstić information content (AvgIpc) is 3.68. The third-order valence-corrected chi connectivity index (χ3v) is 10.4. The van der Waals surface area contributed by atoms with E-state index in [0.29, 0.717) is 0 Å². The maximum absolute atomic E-state index is 5.19. The van der Waals surface area contributed by atoms with Gasteiger partial charge in [0.2, 0.25) is 0 Å². The van der Waals surface area contributed by atoms with Crippen LogP contribution in [0, 0.1) is 0 Å². The van der Waals surface area contributed by atoms with Crippen LogP contribution in [0.2, 0.25) is 0 Å². The molecule has 0 saturated carbocycles. The van der Waals surface area contributed by atoms with Gasteiger partial charge in [0.05, 0.1) is 22.2 Å². The number of rotatable bonds is 3. The number of hydrogen-bond donors (Lipinski definition) is 0. The van der Waals surface area contributed by atoms with Crippen molar-refractivity contribution in [1.29, 1.82) is 0 Å². The summed E-state index contributed by atoms with van der Waals surface area (Å²) in [7, 11) is 0. The zero-order valence-electron chi connectivity index (χ0n) is 24.7. The molecule has 0 aliphatic heterocycles.